The van der Waals surface area contributed by atoms with Crippen LogP contribution in [0.2, 0.25) is 0 Å². The van der Waals surface area contributed by atoms with Crippen molar-refractivity contribution >= 4 is 0 Å². The molecule has 5 nitrogen and oxygen atoms in total. The fraction of sp³-hybridized carbons (Fsp3) is 1.00. The molecule has 4 atom stereocenters. The Balaban J connectivity index is 5.29. The van der Waals surface area contributed by atoms with Gasteiger partial charge in [-0.2, -0.15) is 0 Å². The van der Waals surface area contributed by atoms with Gasteiger partial charge in [0.15, 0.2) is 0 Å². The quantitative estimate of drug-likeness (QED) is 0.213. The molecule has 0 rings (SSSR count). The first-order chi connectivity index (χ1) is 14.4. The predicted molar refractivity (Wildman–Crippen MR) is 127 cm³/mol. The Morgan fingerprint density at radius 3 is 1.10 bits per heavy atom. The molecule has 5 heteroatoms. The van der Waals surface area contributed by atoms with Crippen LogP contribution >= 0.6 is 0 Å². The summed E-state index contributed by atoms with van der Waals surface area (Å²) in [7, 11) is 0. The van der Waals surface area contributed by atoms with E-state index in [9.17, 15) is 20.4 Å². The van der Waals surface area contributed by atoms with Crippen LogP contribution in [-0.4, -0.2) is 68.9 Å². The molecule has 0 radical (unpaired) electrons. The van der Waals surface area contributed by atoms with Crippen LogP contribution in [0.25, 0.3) is 0 Å². The van der Waals surface area contributed by atoms with Crippen LogP contribution in [0, 0.1) is 0 Å². The third kappa shape index (κ3) is 15.6. The van der Waals surface area contributed by atoms with E-state index >= 15 is 0 Å². The van der Waals surface area contributed by atoms with Crippen LogP contribution in [-0.2, 0) is 0 Å². The van der Waals surface area contributed by atoms with Gasteiger partial charge in [-0.15, -0.1) is 0 Å². The lowest BCUT2D eigenvalue weighted by atomic mass is 9.95. The third-order valence-electron chi connectivity index (χ3n) is 6.06. The smallest absolute Gasteiger partial charge is 0.0667 e. The van der Waals surface area contributed by atoms with E-state index in [2.05, 4.69) is 32.6 Å². The van der Waals surface area contributed by atoms with Crippen molar-refractivity contribution in [1.29, 1.82) is 0 Å². The molecular weight excluding hydrogens is 378 g/mol. The van der Waals surface area contributed by atoms with Gasteiger partial charge in [0.25, 0.3) is 0 Å². The maximum atomic E-state index is 10.6. The van der Waals surface area contributed by atoms with Crippen molar-refractivity contribution in [3.05, 3.63) is 0 Å². The number of hydrogen-bond acceptors (Lipinski definition) is 5. The van der Waals surface area contributed by atoms with Crippen molar-refractivity contribution in [1.82, 2.24) is 4.90 Å². The molecule has 0 saturated heterocycles. The Hall–Kier alpha value is -0.200. The van der Waals surface area contributed by atoms with Crippen LogP contribution in [0.3, 0.4) is 0 Å². The molecule has 0 saturated carbocycles. The van der Waals surface area contributed by atoms with Crippen molar-refractivity contribution < 1.29 is 20.4 Å². The Morgan fingerprint density at radius 2 is 0.800 bits per heavy atom. The highest BCUT2D eigenvalue weighted by Crippen LogP contribution is 2.21. The van der Waals surface area contributed by atoms with Crippen molar-refractivity contribution in [3.63, 3.8) is 0 Å². The molecule has 0 spiro atoms. The van der Waals surface area contributed by atoms with E-state index in [0.29, 0.717) is 25.9 Å². The average Bonchev–Trinajstić information content (AvgIpc) is 2.72. The van der Waals surface area contributed by atoms with Crippen LogP contribution in [0.5, 0.6) is 0 Å². The summed E-state index contributed by atoms with van der Waals surface area (Å²) in [4.78, 5) is 2.16. The summed E-state index contributed by atoms with van der Waals surface area (Å²) in [5.74, 6) is 0. The number of aliphatic hydroxyl groups excluding tert-OH is 4. The summed E-state index contributed by atoms with van der Waals surface area (Å²) in [6.45, 7) is 9.48. The zero-order valence-corrected chi connectivity index (χ0v) is 20.4. The molecule has 4 unspecified atom stereocenters. The maximum Gasteiger partial charge on any atom is 0.0667 e. The Bertz CT molecular complexity index is 303. The molecule has 30 heavy (non-hydrogen) atoms. The van der Waals surface area contributed by atoms with Gasteiger partial charge in [-0.05, 0) is 38.5 Å². The first-order valence-corrected chi connectivity index (χ1v) is 12.8. The minimum atomic E-state index is -0.439. The van der Waals surface area contributed by atoms with E-state index < -0.39 is 24.4 Å². The molecule has 0 fully saturated rings. The third-order valence-corrected chi connectivity index (χ3v) is 6.06. The summed E-state index contributed by atoms with van der Waals surface area (Å²) < 4.78 is 0. The summed E-state index contributed by atoms with van der Waals surface area (Å²) >= 11 is 0. The van der Waals surface area contributed by atoms with Gasteiger partial charge in [0.2, 0.25) is 0 Å². The second kappa shape index (κ2) is 19.5. The molecule has 0 aliphatic carbocycles. The molecule has 4 N–H and O–H groups in total. The topological polar surface area (TPSA) is 84.2 Å². The zero-order chi connectivity index (χ0) is 22.8. The fourth-order valence-electron chi connectivity index (χ4n) is 4.11. The van der Waals surface area contributed by atoms with E-state index in [1.165, 1.54) is 0 Å². The number of nitrogens with zero attached hydrogens (tertiary/aromatic N) is 1. The Labute approximate surface area is 186 Å². The standard InChI is InChI=1S/C25H53NO4/c1-5-9-13-22(27)17-21(18-23(28)14-10-6-2)26(19-24(29)15-11-7-3)20-25(30)16-12-8-4/h21-25,27-30H,5-20H2,1-4H3. The van der Waals surface area contributed by atoms with Crippen molar-refractivity contribution in [3.8, 4) is 0 Å². The minimum Gasteiger partial charge on any atom is -0.393 e. The second-order valence-corrected chi connectivity index (χ2v) is 9.26. The number of hydrogen-bond donors (Lipinski definition) is 4. The highest BCUT2D eigenvalue weighted by molar-refractivity contribution is 4.82. The minimum absolute atomic E-state index is 0.0312. The molecule has 0 amide bonds. The number of aliphatic hydroxyl groups is 4. The van der Waals surface area contributed by atoms with E-state index in [4.69, 9.17) is 0 Å². The monoisotopic (exact) mass is 431 g/mol. The van der Waals surface area contributed by atoms with E-state index in [0.717, 1.165) is 77.0 Å². The number of rotatable bonds is 21. The molecular formula is C25H53NO4. The van der Waals surface area contributed by atoms with Gasteiger partial charge in [0.05, 0.1) is 24.4 Å². The molecule has 0 aromatic heterocycles. The maximum absolute atomic E-state index is 10.6. The first-order valence-electron chi connectivity index (χ1n) is 12.8. The Kier molecular flexibility index (Phi) is 19.4. The highest BCUT2D eigenvalue weighted by atomic mass is 16.3. The van der Waals surface area contributed by atoms with Crippen LogP contribution in [0.4, 0.5) is 0 Å². The SMILES string of the molecule is CCCCC(O)CC(CC(O)CCCC)N(CC(O)CCCC)CC(O)CCCC. The van der Waals surface area contributed by atoms with Crippen LogP contribution in [0.1, 0.15) is 118 Å². The van der Waals surface area contributed by atoms with Gasteiger partial charge in [0, 0.05) is 19.1 Å². The molecule has 0 heterocycles. The normalized spacial score (nSPS) is 17.1. The van der Waals surface area contributed by atoms with Crippen LogP contribution in [0.15, 0.2) is 0 Å². The number of unbranched alkanes of at least 4 members (excludes halogenated alkanes) is 4. The Morgan fingerprint density at radius 1 is 0.500 bits per heavy atom. The largest absolute Gasteiger partial charge is 0.393 e. The molecule has 0 aliphatic heterocycles. The van der Waals surface area contributed by atoms with Crippen molar-refractivity contribution in [2.75, 3.05) is 13.1 Å². The van der Waals surface area contributed by atoms with Gasteiger partial charge in [-0.25, -0.2) is 0 Å². The van der Waals surface area contributed by atoms with E-state index in [1.807, 2.05) is 0 Å². The fourth-order valence-corrected chi connectivity index (χ4v) is 4.11. The molecule has 182 valence electrons. The van der Waals surface area contributed by atoms with E-state index in [1.54, 1.807) is 0 Å². The lowest BCUT2D eigenvalue weighted by Crippen LogP contribution is -2.47. The summed E-state index contributed by atoms with van der Waals surface area (Å²) in [6, 6.07) is -0.0312. The predicted octanol–water partition coefficient (Wildman–Crippen LogP) is 4.64. The van der Waals surface area contributed by atoms with E-state index in [-0.39, 0.29) is 6.04 Å². The summed E-state index contributed by atoms with van der Waals surface area (Å²) in [5, 5.41) is 42.4. The first kappa shape index (κ1) is 29.8. The van der Waals surface area contributed by atoms with Crippen molar-refractivity contribution in [2.24, 2.45) is 0 Å². The lowest BCUT2D eigenvalue weighted by molar-refractivity contribution is 0.00188. The van der Waals surface area contributed by atoms with Gasteiger partial charge < -0.3 is 20.4 Å². The molecule has 0 aliphatic rings. The van der Waals surface area contributed by atoms with Gasteiger partial charge >= 0.3 is 0 Å². The van der Waals surface area contributed by atoms with Gasteiger partial charge in [-0.1, -0.05) is 79.1 Å². The molecule has 0 bridgehead atoms. The summed E-state index contributed by atoms with van der Waals surface area (Å²) in [6.07, 6.45) is 10.7. The zero-order valence-electron chi connectivity index (χ0n) is 20.4. The highest BCUT2D eigenvalue weighted by Gasteiger charge is 2.27. The van der Waals surface area contributed by atoms with Crippen LogP contribution < -0.4 is 0 Å². The molecule has 0 aromatic rings. The van der Waals surface area contributed by atoms with Gasteiger partial charge in [-0.3, -0.25) is 4.90 Å². The van der Waals surface area contributed by atoms with Crippen molar-refractivity contribution in [2.45, 2.75) is 148 Å². The lowest BCUT2D eigenvalue weighted by Gasteiger charge is -2.37. The van der Waals surface area contributed by atoms with Gasteiger partial charge in [0.1, 0.15) is 0 Å². The summed E-state index contributed by atoms with van der Waals surface area (Å²) in [5.41, 5.74) is 0. The molecule has 0 aromatic carbocycles. The second-order valence-electron chi connectivity index (χ2n) is 9.26. The average molecular weight is 432 g/mol.